The van der Waals surface area contributed by atoms with Crippen LogP contribution in [0.2, 0.25) is 5.02 Å². The number of aliphatic hydroxyl groups excluding tert-OH is 1. The van der Waals surface area contributed by atoms with E-state index < -0.39 is 34.6 Å². The Kier molecular flexibility index (Phi) is 8.92. The second-order valence-electron chi connectivity index (χ2n) is 10.8. The molecule has 208 valence electrons. The Hall–Kier alpha value is -1.55. The van der Waals surface area contributed by atoms with E-state index >= 15 is 0 Å². The van der Waals surface area contributed by atoms with Gasteiger partial charge < -0.3 is 19.6 Å². The van der Waals surface area contributed by atoms with E-state index in [1.807, 2.05) is 32.9 Å². The molecule has 3 aliphatic rings. The smallest absolute Gasteiger partial charge is 0.310 e. The summed E-state index contributed by atoms with van der Waals surface area (Å²) in [5.41, 5.74) is 1.40. The van der Waals surface area contributed by atoms with Gasteiger partial charge in [-0.2, -0.15) is 0 Å². The standard InChI is InChI=1S/C28H36BrClN2O5S/c1-6-11-31(22-16(5)9-8-10-19(22)30)26(35)24-28-13-18(29)23(38-28)20(27(36)37-7-2)21(28)25(34)32(24)17(14-33)12-15(3)4/h6,8-10,15,17-18,20-21,23-24,33H,1,7,11-14H2,2-5H3/t17-,18?,20+,21+,23+,24?,28?/m1/s1. The Bertz CT molecular complexity index is 1100. The zero-order valence-corrected chi connectivity index (χ0v) is 25.4. The van der Waals surface area contributed by atoms with Gasteiger partial charge in [0.15, 0.2) is 0 Å². The molecule has 3 saturated heterocycles. The van der Waals surface area contributed by atoms with Crippen LogP contribution in [0.3, 0.4) is 0 Å². The number of carbonyl (C=O) groups is 3. The number of halogens is 2. The number of benzene rings is 1. The van der Waals surface area contributed by atoms with Crippen LogP contribution in [-0.2, 0) is 19.1 Å². The van der Waals surface area contributed by atoms with E-state index in [0.29, 0.717) is 23.6 Å². The summed E-state index contributed by atoms with van der Waals surface area (Å²) in [6.07, 6.45) is 2.71. The van der Waals surface area contributed by atoms with E-state index in [2.05, 4.69) is 22.5 Å². The molecule has 1 aromatic carbocycles. The molecule has 3 aliphatic heterocycles. The zero-order chi connectivity index (χ0) is 27.9. The molecule has 3 fully saturated rings. The first-order valence-corrected chi connectivity index (χ1v) is 15.3. The number of hydrogen-bond donors (Lipinski definition) is 1. The van der Waals surface area contributed by atoms with Crippen LogP contribution in [0.1, 0.15) is 39.2 Å². The SMILES string of the molecule is C=CCN(C(=O)C1N([C@@H](CO)CC(C)C)C(=O)[C@@H]2[C@H](C(=O)OCC)[C@H]3SC12CC3Br)c1c(C)cccc1Cl. The van der Waals surface area contributed by atoms with Crippen molar-refractivity contribution in [1.82, 2.24) is 4.90 Å². The number of para-hydroxylation sites is 1. The summed E-state index contributed by atoms with van der Waals surface area (Å²) in [5.74, 6) is -2.15. The van der Waals surface area contributed by atoms with Crippen molar-refractivity contribution >= 4 is 62.8 Å². The first-order valence-electron chi connectivity index (χ1n) is 13.1. The summed E-state index contributed by atoms with van der Waals surface area (Å²) < 4.78 is 4.59. The van der Waals surface area contributed by atoms with Gasteiger partial charge in [-0.15, -0.1) is 18.3 Å². The van der Waals surface area contributed by atoms with E-state index in [9.17, 15) is 19.5 Å². The van der Waals surface area contributed by atoms with Gasteiger partial charge in [0.05, 0.1) is 46.5 Å². The van der Waals surface area contributed by atoms with Crippen molar-refractivity contribution in [3.63, 3.8) is 0 Å². The molecule has 10 heteroatoms. The predicted octanol–water partition coefficient (Wildman–Crippen LogP) is 4.60. The third-order valence-electron chi connectivity index (χ3n) is 7.90. The molecule has 7 atom stereocenters. The lowest BCUT2D eigenvalue weighted by Crippen LogP contribution is -2.58. The van der Waals surface area contributed by atoms with Gasteiger partial charge >= 0.3 is 5.97 Å². The number of rotatable bonds is 10. The highest BCUT2D eigenvalue weighted by atomic mass is 79.9. The van der Waals surface area contributed by atoms with E-state index in [1.54, 1.807) is 40.6 Å². The Morgan fingerprint density at radius 1 is 1.42 bits per heavy atom. The predicted molar refractivity (Wildman–Crippen MR) is 155 cm³/mol. The van der Waals surface area contributed by atoms with Crippen LogP contribution in [-0.4, -0.2) is 74.5 Å². The van der Waals surface area contributed by atoms with E-state index in [1.165, 1.54) is 0 Å². The van der Waals surface area contributed by atoms with Gasteiger partial charge in [-0.25, -0.2) is 0 Å². The first kappa shape index (κ1) is 29.4. The average Bonchev–Trinajstić information content (AvgIpc) is 3.45. The van der Waals surface area contributed by atoms with Gasteiger partial charge in [-0.1, -0.05) is 59.6 Å². The highest BCUT2D eigenvalue weighted by molar-refractivity contribution is 9.09. The maximum absolute atomic E-state index is 14.7. The van der Waals surface area contributed by atoms with Crippen molar-refractivity contribution in [2.24, 2.45) is 17.8 Å². The second kappa shape index (κ2) is 11.5. The third kappa shape index (κ3) is 4.71. The highest BCUT2D eigenvalue weighted by Crippen LogP contribution is 2.68. The largest absolute Gasteiger partial charge is 0.466 e. The number of hydrogen-bond acceptors (Lipinski definition) is 6. The number of nitrogens with zero attached hydrogens (tertiary/aromatic N) is 2. The van der Waals surface area contributed by atoms with Gasteiger partial charge in [-0.05, 0) is 44.2 Å². The third-order valence-corrected chi connectivity index (χ3v) is 11.4. The van der Waals surface area contributed by atoms with Crippen LogP contribution in [0.15, 0.2) is 30.9 Å². The summed E-state index contributed by atoms with van der Waals surface area (Å²) in [6, 6.07) is 4.00. The zero-order valence-electron chi connectivity index (χ0n) is 22.2. The molecule has 7 nitrogen and oxygen atoms in total. The van der Waals surface area contributed by atoms with Crippen LogP contribution >= 0.6 is 39.3 Å². The van der Waals surface area contributed by atoms with Crippen molar-refractivity contribution < 1.29 is 24.2 Å². The molecule has 0 radical (unpaired) electrons. The lowest BCUT2D eigenvalue weighted by atomic mass is 9.71. The van der Waals surface area contributed by atoms with Crippen molar-refractivity contribution in [1.29, 1.82) is 0 Å². The number of aliphatic hydroxyl groups is 1. The van der Waals surface area contributed by atoms with Crippen molar-refractivity contribution in [3.05, 3.63) is 41.4 Å². The van der Waals surface area contributed by atoms with Gasteiger partial charge in [0.2, 0.25) is 5.91 Å². The number of ether oxygens (including phenoxy) is 1. The first-order chi connectivity index (χ1) is 18.0. The number of carbonyl (C=O) groups excluding carboxylic acids is 3. The molecule has 1 spiro atoms. The fourth-order valence-electron chi connectivity index (χ4n) is 6.60. The fraction of sp³-hybridized carbons (Fsp3) is 0.607. The number of thioether (sulfide) groups is 1. The normalized spacial score (nSPS) is 30.5. The second-order valence-corrected chi connectivity index (χ2v) is 13.9. The van der Waals surface area contributed by atoms with Gasteiger partial charge in [-0.3, -0.25) is 14.4 Å². The van der Waals surface area contributed by atoms with Gasteiger partial charge in [0.1, 0.15) is 6.04 Å². The minimum Gasteiger partial charge on any atom is -0.466 e. The van der Waals surface area contributed by atoms with Gasteiger partial charge in [0.25, 0.3) is 5.91 Å². The summed E-state index contributed by atoms with van der Waals surface area (Å²) in [4.78, 5) is 45.4. The van der Waals surface area contributed by atoms with Crippen LogP contribution in [0, 0.1) is 24.7 Å². The minimum absolute atomic E-state index is 0.0613. The monoisotopic (exact) mass is 626 g/mol. The van der Waals surface area contributed by atoms with E-state index in [-0.39, 0.29) is 47.6 Å². The number of anilines is 1. The molecule has 4 rings (SSSR count). The number of amides is 2. The molecule has 0 aromatic heterocycles. The average molecular weight is 628 g/mol. The fourth-order valence-corrected chi connectivity index (χ4v) is 10.5. The molecule has 2 bridgehead atoms. The highest BCUT2D eigenvalue weighted by Gasteiger charge is 2.76. The Balaban J connectivity index is 1.88. The summed E-state index contributed by atoms with van der Waals surface area (Å²) in [6.45, 7) is 11.7. The molecule has 2 amide bonds. The number of esters is 1. The lowest BCUT2D eigenvalue weighted by molar-refractivity contribution is -0.154. The Labute approximate surface area is 242 Å². The lowest BCUT2D eigenvalue weighted by Gasteiger charge is -2.40. The van der Waals surface area contributed by atoms with Gasteiger partial charge in [0, 0.05) is 16.6 Å². The maximum Gasteiger partial charge on any atom is 0.310 e. The maximum atomic E-state index is 14.7. The summed E-state index contributed by atoms with van der Waals surface area (Å²) in [7, 11) is 0. The molecule has 0 saturated carbocycles. The van der Waals surface area contributed by atoms with Crippen molar-refractivity contribution in [3.8, 4) is 0 Å². The molecular weight excluding hydrogens is 592 g/mol. The van der Waals surface area contributed by atoms with Crippen LogP contribution in [0.5, 0.6) is 0 Å². The molecule has 38 heavy (non-hydrogen) atoms. The Morgan fingerprint density at radius 2 is 2.13 bits per heavy atom. The Morgan fingerprint density at radius 3 is 2.71 bits per heavy atom. The van der Waals surface area contributed by atoms with Crippen LogP contribution in [0.4, 0.5) is 5.69 Å². The summed E-state index contributed by atoms with van der Waals surface area (Å²) in [5, 5.41) is 10.7. The minimum atomic E-state index is -0.888. The van der Waals surface area contributed by atoms with Crippen LogP contribution in [0.25, 0.3) is 0 Å². The van der Waals surface area contributed by atoms with E-state index in [0.717, 1.165) is 5.56 Å². The molecule has 3 unspecified atom stereocenters. The van der Waals surface area contributed by atoms with Crippen molar-refractivity contribution in [2.75, 3.05) is 24.7 Å². The van der Waals surface area contributed by atoms with E-state index in [4.69, 9.17) is 16.3 Å². The van der Waals surface area contributed by atoms with Crippen molar-refractivity contribution in [2.45, 2.75) is 67.4 Å². The number of fused-ring (bicyclic) bond motifs is 1. The van der Waals surface area contributed by atoms with Crippen LogP contribution < -0.4 is 4.90 Å². The molecular formula is C28H36BrClN2O5S. The topological polar surface area (TPSA) is 87.2 Å². The summed E-state index contributed by atoms with van der Waals surface area (Å²) >= 11 is 11.9. The molecule has 1 N–H and O–H groups in total. The molecule has 1 aromatic rings. The number of alkyl halides is 1. The number of likely N-dealkylation sites (tertiary alicyclic amines) is 1. The number of aryl methyl sites for hydroxylation is 1. The molecule has 3 heterocycles. The molecule has 0 aliphatic carbocycles. The quantitative estimate of drug-likeness (QED) is 0.232.